The molecule has 3 nitrogen and oxygen atoms in total. The summed E-state index contributed by atoms with van der Waals surface area (Å²) in [7, 11) is 0. The molecule has 0 amide bonds. The number of aliphatic hydroxyl groups is 1. The minimum absolute atomic E-state index is 0.0651. The number of nitrogens with two attached hydrogens (primary N) is 1. The van der Waals surface area contributed by atoms with E-state index in [1.54, 1.807) is 0 Å². The van der Waals surface area contributed by atoms with Crippen molar-refractivity contribution < 1.29 is 18.6 Å². The molecule has 3 N–H and O–H groups in total. The summed E-state index contributed by atoms with van der Waals surface area (Å²) in [5.41, 5.74) is 5.61. The Balaban J connectivity index is 2.56. The molecular weight excluding hydrogens is 204 g/mol. The molecule has 0 bridgehead atoms. The third kappa shape index (κ3) is 1.57. The van der Waals surface area contributed by atoms with E-state index in [4.69, 9.17) is 15.6 Å². The van der Waals surface area contributed by atoms with Crippen molar-refractivity contribution in [2.75, 3.05) is 13.2 Å². The van der Waals surface area contributed by atoms with Crippen LogP contribution in [0.3, 0.4) is 0 Å². The van der Waals surface area contributed by atoms with Gasteiger partial charge in [-0.15, -0.1) is 0 Å². The van der Waals surface area contributed by atoms with Gasteiger partial charge in [0.15, 0.2) is 11.6 Å². The maximum atomic E-state index is 13.7. The Morgan fingerprint density at radius 3 is 2.93 bits per heavy atom. The highest BCUT2D eigenvalue weighted by molar-refractivity contribution is 5.43. The van der Waals surface area contributed by atoms with E-state index in [9.17, 15) is 8.78 Å². The van der Waals surface area contributed by atoms with Gasteiger partial charge >= 0.3 is 0 Å². The first-order chi connectivity index (χ1) is 7.15. The maximum Gasteiger partial charge on any atom is 0.173 e. The number of aliphatic hydroxyl groups excluding tert-OH is 1. The summed E-state index contributed by atoms with van der Waals surface area (Å²) in [6, 6.07) is 0.162. The Hall–Kier alpha value is -1.20. The van der Waals surface area contributed by atoms with Crippen LogP contribution in [0, 0.1) is 11.6 Å². The molecule has 1 aromatic rings. The Morgan fingerprint density at radius 1 is 1.53 bits per heavy atom. The maximum absolute atomic E-state index is 13.7. The molecule has 0 spiro atoms. The van der Waals surface area contributed by atoms with Crippen LogP contribution in [-0.4, -0.2) is 18.3 Å². The molecule has 1 atom stereocenters. The fourth-order valence-corrected chi connectivity index (χ4v) is 1.70. The number of hydrogen-bond acceptors (Lipinski definition) is 3. The highest BCUT2D eigenvalue weighted by Crippen LogP contribution is 2.34. The van der Waals surface area contributed by atoms with Crippen LogP contribution in [0.4, 0.5) is 8.78 Å². The molecule has 0 aromatic heterocycles. The number of hydrogen-bond donors (Lipinski definition) is 2. The van der Waals surface area contributed by atoms with Gasteiger partial charge in [0, 0.05) is 17.5 Å². The van der Waals surface area contributed by atoms with Crippen LogP contribution in [0.5, 0.6) is 5.75 Å². The monoisotopic (exact) mass is 215 g/mol. The lowest BCUT2D eigenvalue weighted by atomic mass is 10.0. The van der Waals surface area contributed by atoms with Gasteiger partial charge in [-0.25, -0.2) is 8.78 Å². The van der Waals surface area contributed by atoms with E-state index >= 15 is 0 Å². The molecule has 0 saturated heterocycles. The molecule has 5 heteroatoms. The molecule has 0 unspecified atom stereocenters. The second kappa shape index (κ2) is 3.75. The van der Waals surface area contributed by atoms with E-state index in [-0.39, 0.29) is 11.3 Å². The third-order valence-corrected chi connectivity index (χ3v) is 2.47. The average Bonchev–Trinajstić information content (AvgIpc) is 2.65. The van der Waals surface area contributed by atoms with Crippen molar-refractivity contribution in [1.29, 1.82) is 0 Å². The third-order valence-electron chi connectivity index (χ3n) is 2.47. The second-order valence-corrected chi connectivity index (χ2v) is 3.46. The van der Waals surface area contributed by atoms with Crippen molar-refractivity contribution in [3.63, 3.8) is 0 Å². The van der Waals surface area contributed by atoms with Crippen LogP contribution in [0.25, 0.3) is 0 Å². The van der Waals surface area contributed by atoms with Crippen molar-refractivity contribution in [1.82, 2.24) is 0 Å². The van der Waals surface area contributed by atoms with Crippen LogP contribution >= 0.6 is 0 Å². The van der Waals surface area contributed by atoms with Gasteiger partial charge in [-0.3, -0.25) is 0 Å². The Bertz CT molecular complexity index is 395. The molecule has 0 aliphatic carbocycles. The molecule has 1 heterocycles. The fourth-order valence-electron chi connectivity index (χ4n) is 1.70. The number of rotatable bonds is 2. The first-order valence-corrected chi connectivity index (χ1v) is 4.65. The summed E-state index contributed by atoms with van der Waals surface area (Å²) in [5.74, 6) is -1.45. The Labute approximate surface area is 85.5 Å². The Morgan fingerprint density at radius 2 is 2.27 bits per heavy atom. The van der Waals surface area contributed by atoms with E-state index < -0.39 is 24.3 Å². The molecule has 2 rings (SSSR count). The largest absolute Gasteiger partial charge is 0.490 e. The molecule has 0 radical (unpaired) electrons. The molecule has 15 heavy (non-hydrogen) atoms. The second-order valence-electron chi connectivity index (χ2n) is 3.46. The van der Waals surface area contributed by atoms with Crippen LogP contribution in [-0.2, 0) is 6.42 Å². The summed E-state index contributed by atoms with van der Waals surface area (Å²) < 4.78 is 32.2. The quantitative estimate of drug-likeness (QED) is 0.770. The first kappa shape index (κ1) is 10.3. The summed E-state index contributed by atoms with van der Waals surface area (Å²) in [6.07, 6.45) is 0.498. The van der Waals surface area contributed by atoms with Crippen LogP contribution in [0.2, 0.25) is 0 Å². The summed E-state index contributed by atoms with van der Waals surface area (Å²) in [5, 5.41) is 8.79. The normalized spacial score (nSPS) is 16.0. The summed E-state index contributed by atoms with van der Waals surface area (Å²) in [4.78, 5) is 0. The van der Waals surface area contributed by atoms with Gasteiger partial charge in [-0.2, -0.15) is 0 Å². The highest BCUT2D eigenvalue weighted by Gasteiger charge is 2.26. The minimum Gasteiger partial charge on any atom is -0.490 e. The van der Waals surface area contributed by atoms with Crippen molar-refractivity contribution in [2.45, 2.75) is 12.5 Å². The van der Waals surface area contributed by atoms with E-state index in [2.05, 4.69) is 0 Å². The number of benzene rings is 1. The molecule has 82 valence electrons. The van der Waals surface area contributed by atoms with Gasteiger partial charge in [-0.1, -0.05) is 0 Å². The minimum atomic E-state index is -1.06. The molecule has 1 aliphatic heterocycles. The summed E-state index contributed by atoms with van der Waals surface area (Å²) >= 11 is 0. The predicted octanol–water partition coefficient (Wildman–Crippen LogP) is 0.892. The van der Waals surface area contributed by atoms with Crippen LogP contribution in [0.15, 0.2) is 6.07 Å². The number of fused-ring (bicyclic) bond motifs is 1. The lowest BCUT2D eigenvalue weighted by Crippen LogP contribution is -2.18. The van der Waals surface area contributed by atoms with Crippen molar-refractivity contribution >= 4 is 0 Å². The number of halogens is 2. The highest BCUT2D eigenvalue weighted by atomic mass is 19.1. The van der Waals surface area contributed by atoms with E-state index in [0.717, 1.165) is 0 Å². The molecule has 0 saturated carbocycles. The Kier molecular flexibility index (Phi) is 2.58. The zero-order valence-corrected chi connectivity index (χ0v) is 7.96. The van der Waals surface area contributed by atoms with E-state index in [0.29, 0.717) is 18.6 Å². The smallest absolute Gasteiger partial charge is 0.173 e. The zero-order chi connectivity index (χ0) is 11.0. The zero-order valence-electron chi connectivity index (χ0n) is 7.96. The van der Waals surface area contributed by atoms with E-state index in [1.807, 2.05) is 0 Å². The molecule has 0 fully saturated rings. The van der Waals surface area contributed by atoms with Gasteiger partial charge in [0.05, 0.1) is 19.3 Å². The van der Waals surface area contributed by atoms with Crippen molar-refractivity contribution in [3.05, 3.63) is 28.8 Å². The van der Waals surface area contributed by atoms with Gasteiger partial charge < -0.3 is 15.6 Å². The SMILES string of the molecule is N[C@H](CO)c1c(F)cc2c(c1F)OCC2. The predicted molar refractivity (Wildman–Crippen MR) is 49.6 cm³/mol. The van der Waals surface area contributed by atoms with Gasteiger partial charge in [0.25, 0.3) is 0 Å². The molecule has 1 aromatic carbocycles. The average molecular weight is 215 g/mol. The lowest BCUT2D eigenvalue weighted by molar-refractivity contribution is 0.260. The lowest BCUT2D eigenvalue weighted by Gasteiger charge is -2.13. The number of ether oxygens (including phenoxy) is 1. The van der Waals surface area contributed by atoms with Crippen LogP contribution < -0.4 is 10.5 Å². The summed E-state index contributed by atoms with van der Waals surface area (Å²) in [6.45, 7) is -0.157. The molecule has 1 aliphatic rings. The standard InChI is InChI=1S/C10H11F2NO2/c11-6-3-5-1-2-15-10(5)9(12)8(6)7(13)4-14/h3,7,14H,1-2,4,13H2/t7-/m1/s1. The topological polar surface area (TPSA) is 55.5 Å². The van der Waals surface area contributed by atoms with Crippen molar-refractivity contribution in [2.24, 2.45) is 5.73 Å². The van der Waals surface area contributed by atoms with Gasteiger partial charge in [0.2, 0.25) is 0 Å². The fraction of sp³-hybridized carbons (Fsp3) is 0.400. The molecular formula is C10H11F2NO2. The van der Waals surface area contributed by atoms with E-state index in [1.165, 1.54) is 6.07 Å². The van der Waals surface area contributed by atoms with Gasteiger partial charge in [-0.05, 0) is 6.07 Å². The van der Waals surface area contributed by atoms with Crippen LogP contribution in [0.1, 0.15) is 17.2 Å². The van der Waals surface area contributed by atoms with Gasteiger partial charge in [0.1, 0.15) is 5.82 Å². The van der Waals surface area contributed by atoms with Crippen molar-refractivity contribution in [3.8, 4) is 5.75 Å². The first-order valence-electron chi connectivity index (χ1n) is 4.65.